The molecular formula is C15H21F2NO2. The molecule has 2 N–H and O–H groups in total. The zero-order valence-corrected chi connectivity index (χ0v) is 11.4. The SMILES string of the molecule is OC1CCCCC1CNCc1ccc(OC(F)F)cc1. The van der Waals surface area contributed by atoms with Crippen molar-refractivity contribution in [3.8, 4) is 5.75 Å². The molecule has 0 aliphatic heterocycles. The molecule has 2 atom stereocenters. The molecule has 5 heteroatoms. The van der Waals surface area contributed by atoms with Gasteiger partial charge in [-0.3, -0.25) is 0 Å². The van der Waals surface area contributed by atoms with E-state index in [1.165, 1.54) is 6.42 Å². The van der Waals surface area contributed by atoms with E-state index in [9.17, 15) is 13.9 Å². The highest BCUT2D eigenvalue weighted by Gasteiger charge is 2.22. The lowest BCUT2D eigenvalue weighted by atomic mass is 9.86. The third kappa shape index (κ3) is 4.72. The minimum Gasteiger partial charge on any atom is -0.435 e. The second-order valence-corrected chi connectivity index (χ2v) is 5.27. The Balaban J connectivity index is 1.73. The zero-order chi connectivity index (χ0) is 14.4. The van der Waals surface area contributed by atoms with E-state index in [0.717, 1.165) is 31.4 Å². The van der Waals surface area contributed by atoms with E-state index < -0.39 is 6.61 Å². The fraction of sp³-hybridized carbons (Fsp3) is 0.600. The Kier molecular flexibility index (Phi) is 5.73. The van der Waals surface area contributed by atoms with Crippen molar-refractivity contribution >= 4 is 0 Å². The molecule has 0 radical (unpaired) electrons. The molecule has 1 saturated carbocycles. The third-order valence-corrected chi connectivity index (χ3v) is 3.75. The molecule has 0 saturated heterocycles. The summed E-state index contributed by atoms with van der Waals surface area (Å²) in [5, 5.41) is 13.2. The first kappa shape index (κ1) is 15.2. The Morgan fingerprint density at radius 3 is 2.55 bits per heavy atom. The van der Waals surface area contributed by atoms with Crippen LogP contribution in [0.4, 0.5) is 8.78 Å². The fourth-order valence-corrected chi connectivity index (χ4v) is 2.62. The molecule has 0 heterocycles. The average Bonchev–Trinajstić information content (AvgIpc) is 2.42. The van der Waals surface area contributed by atoms with Gasteiger partial charge in [0, 0.05) is 13.1 Å². The van der Waals surface area contributed by atoms with Gasteiger partial charge in [0.05, 0.1) is 6.10 Å². The molecule has 0 amide bonds. The van der Waals surface area contributed by atoms with Gasteiger partial charge < -0.3 is 15.2 Å². The molecule has 1 fully saturated rings. The van der Waals surface area contributed by atoms with E-state index in [0.29, 0.717) is 12.5 Å². The first-order valence-electron chi connectivity index (χ1n) is 7.07. The Morgan fingerprint density at radius 1 is 1.20 bits per heavy atom. The van der Waals surface area contributed by atoms with Crippen LogP contribution < -0.4 is 10.1 Å². The van der Waals surface area contributed by atoms with E-state index in [1.54, 1.807) is 24.3 Å². The summed E-state index contributed by atoms with van der Waals surface area (Å²) in [6.07, 6.45) is 4.06. The van der Waals surface area contributed by atoms with Crippen LogP contribution in [0.5, 0.6) is 5.75 Å². The maximum Gasteiger partial charge on any atom is 0.387 e. The second-order valence-electron chi connectivity index (χ2n) is 5.27. The van der Waals surface area contributed by atoms with Crippen molar-refractivity contribution in [2.24, 2.45) is 5.92 Å². The zero-order valence-electron chi connectivity index (χ0n) is 11.4. The number of nitrogens with one attached hydrogen (secondary N) is 1. The molecule has 1 aliphatic carbocycles. The van der Waals surface area contributed by atoms with E-state index in [1.807, 2.05) is 0 Å². The minimum atomic E-state index is -2.79. The largest absolute Gasteiger partial charge is 0.435 e. The van der Waals surface area contributed by atoms with Gasteiger partial charge in [-0.05, 0) is 36.5 Å². The van der Waals surface area contributed by atoms with Crippen LogP contribution in [0.3, 0.4) is 0 Å². The monoisotopic (exact) mass is 285 g/mol. The summed E-state index contributed by atoms with van der Waals surface area (Å²) in [6.45, 7) is -1.33. The Hall–Kier alpha value is -1.20. The number of alkyl halides is 2. The summed E-state index contributed by atoms with van der Waals surface area (Å²) < 4.78 is 28.3. The highest BCUT2D eigenvalue weighted by atomic mass is 19.3. The van der Waals surface area contributed by atoms with E-state index in [-0.39, 0.29) is 11.9 Å². The summed E-state index contributed by atoms with van der Waals surface area (Å²) in [6, 6.07) is 6.61. The highest BCUT2D eigenvalue weighted by Crippen LogP contribution is 2.23. The topological polar surface area (TPSA) is 41.5 Å². The number of halogens is 2. The fourth-order valence-electron chi connectivity index (χ4n) is 2.62. The Morgan fingerprint density at radius 2 is 1.90 bits per heavy atom. The van der Waals surface area contributed by atoms with Gasteiger partial charge >= 0.3 is 6.61 Å². The number of hydrogen-bond acceptors (Lipinski definition) is 3. The summed E-state index contributed by atoms with van der Waals surface area (Å²) >= 11 is 0. The lowest BCUT2D eigenvalue weighted by molar-refractivity contribution is -0.0498. The number of aliphatic hydroxyl groups excluding tert-OH is 1. The molecule has 112 valence electrons. The standard InChI is InChI=1S/C15H21F2NO2/c16-15(17)20-13-7-5-11(6-8-13)9-18-10-12-3-1-2-4-14(12)19/h5-8,12,14-15,18-19H,1-4,9-10H2. The Bertz CT molecular complexity index is 397. The first-order valence-corrected chi connectivity index (χ1v) is 7.07. The van der Waals surface area contributed by atoms with Crippen molar-refractivity contribution in [2.45, 2.75) is 44.9 Å². The van der Waals surface area contributed by atoms with Crippen LogP contribution >= 0.6 is 0 Å². The lowest BCUT2D eigenvalue weighted by Crippen LogP contribution is -2.33. The van der Waals surface area contributed by atoms with Crippen LogP contribution in [-0.2, 0) is 6.54 Å². The normalized spacial score (nSPS) is 23.0. The molecule has 20 heavy (non-hydrogen) atoms. The quantitative estimate of drug-likeness (QED) is 0.844. The molecule has 0 spiro atoms. The number of hydrogen-bond donors (Lipinski definition) is 2. The summed E-state index contributed by atoms with van der Waals surface area (Å²) in [5.74, 6) is 0.497. The molecule has 0 bridgehead atoms. The van der Waals surface area contributed by atoms with Crippen LogP contribution in [0, 0.1) is 5.92 Å². The van der Waals surface area contributed by atoms with Crippen molar-refractivity contribution in [3.63, 3.8) is 0 Å². The molecule has 2 rings (SSSR count). The average molecular weight is 285 g/mol. The number of aliphatic hydroxyl groups is 1. The summed E-state index contributed by atoms with van der Waals surface area (Å²) in [5.41, 5.74) is 1.01. The van der Waals surface area contributed by atoms with Gasteiger partial charge in [0.15, 0.2) is 0 Å². The molecule has 1 aromatic carbocycles. The van der Waals surface area contributed by atoms with E-state index in [2.05, 4.69) is 10.1 Å². The van der Waals surface area contributed by atoms with Gasteiger partial charge in [-0.15, -0.1) is 0 Å². The van der Waals surface area contributed by atoms with Gasteiger partial charge in [0.2, 0.25) is 0 Å². The third-order valence-electron chi connectivity index (χ3n) is 3.75. The number of rotatable bonds is 6. The van der Waals surface area contributed by atoms with Gasteiger partial charge in [-0.1, -0.05) is 25.0 Å². The first-order chi connectivity index (χ1) is 9.65. The number of benzene rings is 1. The molecule has 1 aliphatic rings. The molecule has 1 aromatic rings. The van der Waals surface area contributed by atoms with Crippen molar-refractivity contribution < 1.29 is 18.6 Å². The van der Waals surface area contributed by atoms with Crippen LogP contribution in [0.25, 0.3) is 0 Å². The van der Waals surface area contributed by atoms with Crippen LogP contribution in [0.2, 0.25) is 0 Å². The van der Waals surface area contributed by atoms with Crippen LogP contribution in [-0.4, -0.2) is 24.4 Å². The summed E-state index contributed by atoms with van der Waals surface area (Å²) in [7, 11) is 0. The van der Waals surface area contributed by atoms with Crippen molar-refractivity contribution in [2.75, 3.05) is 6.54 Å². The van der Waals surface area contributed by atoms with E-state index in [4.69, 9.17) is 0 Å². The minimum absolute atomic E-state index is 0.173. The van der Waals surface area contributed by atoms with Gasteiger partial charge in [-0.2, -0.15) is 8.78 Å². The van der Waals surface area contributed by atoms with Crippen molar-refractivity contribution in [3.05, 3.63) is 29.8 Å². The second kappa shape index (κ2) is 7.55. The van der Waals surface area contributed by atoms with Crippen molar-refractivity contribution in [1.29, 1.82) is 0 Å². The number of ether oxygens (including phenoxy) is 1. The Labute approximate surface area is 117 Å². The van der Waals surface area contributed by atoms with Crippen LogP contribution in [0.1, 0.15) is 31.2 Å². The predicted octanol–water partition coefficient (Wildman–Crippen LogP) is 2.93. The maximum atomic E-state index is 12.0. The molecule has 0 aromatic heterocycles. The van der Waals surface area contributed by atoms with Gasteiger partial charge in [0.25, 0.3) is 0 Å². The summed E-state index contributed by atoms with van der Waals surface area (Å²) in [4.78, 5) is 0. The maximum absolute atomic E-state index is 12.0. The lowest BCUT2D eigenvalue weighted by Gasteiger charge is -2.27. The highest BCUT2D eigenvalue weighted by molar-refractivity contribution is 5.27. The van der Waals surface area contributed by atoms with E-state index >= 15 is 0 Å². The molecule has 3 nitrogen and oxygen atoms in total. The predicted molar refractivity (Wildman–Crippen MR) is 72.7 cm³/mol. The molecular weight excluding hydrogens is 264 g/mol. The van der Waals surface area contributed by atoms with Crippen LogP contribution in [0.15, 0.2) is 24.3 Å². The van der Waals surface area contributed by atoms with Gasteiger partial charge in [-0.25, -0.2) is 0 Å². The van der Waals surface area contributed by atoms with Crippen molar-refractivity contribution in [1.82, 2.24) is 5.32 Å². The van der Waals surface area contributed by atoms with Gasteiger partial charge in [0.1, 0.15) is 5.75 Å². The smallest absolute Gasteiger partial charge is 0.387 e. The molecule has 2 unspecified atom stereocenters.